The molecule has 0 atom stereocenters. The van der Waals surface area contributed by atoms with Gasteiger partial charge in [0, 0.05) is 30.1 Å². The number of fused-ring (bicyclic) bond motifs is 1. The molecular weight excluding hydrogens is 369 g/mol. The molecule has 1 aliphatic rings. The van der Waals surface area contributed by atoms with Crippen molar-refractivity contribution in [3.63, 3.8) is 0 Å². The summed E-state index contributed by atoms with van der Waals surface area (Å²) in [6.45, 7) is 1.35. The maximum atomic E-state index is 14.7. The van der Waals surface area contributed by atoms with Gasteiger partial charge in [-0.2, -0.15) is 4.98 Å². The monoisotopic (exact) mass is 391 g/mol. The minimum Gasteiger partial charge on any atom is -0.492 e. The Bertz CT molecular complexity index is 1040. The minimum atomic E-state index is -0.268. The third kappa shape index (κ3) is 4.52. The molecule has 7 heteroatoms. The van der Waals surface area contributed by atoms with Crippen LogP contribution < -0.4 is 20.7 Å². The lowest BCUT2D eigenvalue weighted by molar-refractivity contribution is 0.318. The number of rotatable bonds is 8. The summed E-state index contributed by atoms with van der Waals surface area (Å²) < 4.78 is 20.4. The molecule has 0 aliphatic heterocycles. The quantitative estimate of drug-likeness (QED) is 0.498. The Labute approximate surface area is 168 Å². The number of aromatic nitrogens is 2. The van der Waals surface area contributed by atoms with Crippen LogP contribution in [0.1, 0.15) is 11.1 Å². The van der Waals surface area contributed by atoms with E-state index in [0.29, 0.717) is 29.6 Å². The maximum Gasteiger partial charge on any atom is 0.229 e. The van der Waals surface area contributed by atoms with Gasteiger partial charge in [0.25, 0.3) is 0 Å². The molecule has 0 bridgehead atoms. The molecule has 3 aromatic rings. The molecule has 1 aliphatic carbocycles. The van der Waals surface area contributed by atoms with Crippen LogP contribution in [0.5, 0.6) is 5.75 Å². The summed E-state index contributed by atoms with van der Waals surface area (Å²) >= 11 is 0. The van der Waals surface area contributed by atoms with Gasteiger partial charge >= 0.3 is 0 Å². The highest BCUT2D eigenvalue weighted by Crippen LogP contribution is 2.29. The number of benzene rings is 2. The summed E-state index contributed by atoms with van der Waals surface area (Å²) in [4.78, 5) is 8.68. The summed E-state index contributed by atoms with van der Waals surface area (Å²) in [6.07, 6.45) is 6.16. The molecule has 148 valence electrons. The third-order valence-electron chi connectivity index (χ3n) is 4.52. The number of hydrogen-bond donors (Lipinski definition) is 3. The van der Waals surface area contributed by atoms with Gasteiger partial charge in [0.2, 0.25) is 5.95 Å². The predicted octanol–water partition coefficient (Wildman–Crippen LogP) is 4.27. The zero-order valence-corrected chi connectivity index (χ0v) is 16.1. The van der Waals surface area contributed by atoms with Gasteiger partial charge in [-0.05, 0) is 43.3 Å². The largest absolute Gasteiger partial charge is 0.492 e. The Kier molecular flexibility index (Phi) is 5.67. The lowest BCUT2D eigenvalue weighted by Gasteiger charge is -2.12. The number of nitrogens with zero attached hydrogens (tertiary/aromatic N) is 2. The molecule has 2 aromatic carbocycles. The van der Waals surface area contributed by atoms with Crippen molar-refractivity contribution in [2.45, 2.75) is 6.42 Å². The molecule has 1 heterocycles. The van der Waals surface area contributed by atoms with E-state index in [0.717, 1.165) is 30.0 Å². The van der Waals surface area contributed by atoms with Gasteiger partial charge in [-0.3, -0.25) is 0 Å². The average Bonchev–Trinajstić information content (AvgIpc) is 3.21. The first kappa shape index (κ1) is 18.9. The first-order valence-corrected chi connectivity index (χ1v) is 9.45. The van der Waals surface area contributed by atoms with Gasteiger partial charge in [0.1, 0.15) is 18.2 Å². The molecule has 29 heavy (non-hydrogen) atoms. The molecule has 4 rings (SSSR count). The van der Waals surface area contributed by atoms with E-state index >= 15 is 0 Å². The molecule has 1 aromatic heterocycles. The number of nitrogens with one attached hydrogen (secondary N) is 3. The highest BCUT2D eigenvalue weighted by atomic mass is 19.1. The van der Waals surface area contributed by atoms with E-state index in [4.69, 9.17) is 4.74 Å². The van der Waals surface area contributed by atoms with Crippen molar-refractivity contribution in [1.29, 1.82) is 0 Å². The van der Waals surface area contributed by atoms with Crippen LogP contribution in [0.2, 0.25) is 0 Å². The molecule has 6 nitrogen and oxygen atoms in total. The zero-order chi connectivity index (χ0) is 20.1. The van der Waals surface area contributed by atoms with Crippen LogP contribution in [-0.4, -0.2) is 30.2 Å². The fourth-order valence-corrected chi connectivity index (χ4v) is 3.08. The summed E-state index contributed by atoms with van der Waals surface area (Å²) in [6, 6.07) is 12.9. The Morgan fingerprint density at radius 1 is 1.14 bits per heavy atom. The van der Waals surface area contributed by atoms with Gasteiger partial charge in [-0.15, -0.1) is 0 Å². The van der Waals surface area contributed by atoms with Crippen molar-refractivity contribution >= 4 is 29.2 Å². The smallest absolute Gasteiger partial charge is 0.229 e. The highest BCUT2D eigenvalue weighted by molar-refractivity contribution is 5.69. The molecular formula is C22H22FN5O. The standard InChI is InChI=1S/C22H22FN5O/c1-24-12-13-29-17-6-3-5-16(14-17)26-22-25-11-10-20(28-22)27-19-9-8-15-4-2-7-18(15)21(19)23/h2-3,5-11,14,24H,4,12-13H2,1H3,(H2,25,26,27,28). The van der Waals surface area contributed by atoms with Crippen molar-refractivity contribution in [2.75, 3.05) is 30.8 Å². The molecule has 0 saturated carbocycles. The summed E-state index contributed by atoms with van der Waals surface area (Å²) in [7, 11) is 1.88. The molecule has 0 radical (unpaired) electrons. The number of ether oxygens (including phenoxy) is 1. The van der Waals surface area contributed by atoms with E-state index in [1.807, 2.05) is 49.5 Å². The highest BCUT2D eigenvalue weighted by Gasteiger charge is 2.14. The SMILES string of the molecule is CNCCOc1cccc(Nc2nccc(Nc3ccc4c(c3F)C=CC4)n2)c1. The van der Waals surface area contributed by atoms with Crippen molar-refractivity contribution in [1.82, 2.24) is 15.3 Å². The van der Waals surface area contributed by atoms with Crippen molar-refractivity contribution in [2.24, 2.45) is 0 Å². The summed E-state index contributed by atoms with van der Waals surface area (Å²) in [5.41, 5.74) is 2.82. The molecule has 0 saturated heterocycles. The lowest BCUT2D eigenvalue weighted by atomic mass is 10.1. The fourth-order valence-electron chi connectivity index (χ4n) is 3.08. The molecule has 0 fully saturated rings. The molecule has 3 N–H and O–H groups in total. The first-order valence-electron chi connectivity index (χ1n) is 9.45. The van der Waals surface area contributed by atoms with E-state index in [-0.39, 0.29) is 5.82 Å². The second kappa shape index (κ2) is 8.70. The second-order valence-electron chi connectivity index (χ2n) is 6.60. The minimum absolute atomic E-state index is 0.268. The lowest BCUT2D eigenvalue weighted by Crippen LogP contribution is -2.15. The van der Waals surface area contributed by atoms with E-state index in [9.17, 15) is 4.39 Å². The Hall–Kier alpha value is -3.45. The van der Waals surface area contributed by atoms with Crippen LogP contribution in [0, 0.1) is 5.82 Å². The number of halogens is 1. The van der Waals surface area contributed by atoms with Gasteiger partial charge in [-0.25, -0.2) is 9.37 Å². The molecule has 0 spiro atoms. The van der Waals surface area contributed by atoms with Crippen molar-refractivity contribution < 1.29 is 9.13 Å². The zero-order valence-electron chi connectivity index (χ0n) is 16.1. The van der Waals surface area contributed by atoms with E-state index < -0.39 is 0 Å². The van der Waals surface area contributed by atoms with Crippen LogP contribution in [0.4, 0.5) is 27.5 Å². The van der Waals surface area contributed by atoms with E-state index in [1.165, 1.54) is 0 Å². The van der Waals surface area contributed by atoms with Crippen LogP contribution in [-0.2, 0) is 6.42 Å². The summed E-state index contributed by atoms with van der Waals surface area (Å²) in [5.74, 6) is 1.40. The predicted molar refractivity (Wildman–Crippen MR) is 114 cm³/mol. The first-order chi connectivity index (χ1) is 14.2. The molecule has 0 amide bonds. The third-order valence-corrected chi connectivity index (χ3v) is 4.52. The fraction of sp³-hybridized carbons (Fsp3) is 0.182. The van der Waals surface area contributed by atoms with Gasteiger partial charge in [0.05, 0.1) is 5.69 Å². The Balaban J connectivity index is 1.47. The topological polar surface area (TPSA) is 71.1 Å². The van der Waals surface area contributed by atoms with Crippen LogP contribution in [0.15, 0.2) is 54.7 Å². The van der Waals surface area contributed by atoms with E-state index in [2.05, 4.69) is 25.9 Å². The number of likely N-dealkylation sites (N-methyl/N-ethyl adjacent to an activating group) is 1. The van der Waals surface area contributed by atoms with E-state index in [1.54, 1.807) is 18.3 Å². The van der Waals surface area contributed by atoms with Crippen LogP contribution >= 0.6 is 0 Å². The Morgan fingerprint density at radius 2 is 2.07 bits per heavy atom. The molecule has 0 unspecified atom stereocenters. The van der Waals surface area contributed by atoms with Gasteiger partial charge in [-0.1, -0.05) is 24.3 Å². The normalized spacial score (nSPS) is 11.9. The van der Waals surface area contributed by atoms with Crippen molar-refractivity contribution in [3.05, 3.63) is 71.7 Å². The van der Waals surface area contributed by atoms with Gasteiger partial charge < -0.3 is 20.7 Å². The van der Waals surface area contributed by atoms with Gasteiger partial charge in [0.15, 0.2) is 5.82 Å². The number of anilines is 4. The second-order valence-corrected chi connectivity index (χ2v) is 6.60. The number of hydrogen-bond acceptors (Lipinski definition) is 6. The summed E-state index contributed by atoms with van der Waals surface area (Å²) in [5, 5.41) is 9.23. The maximum absolute atomic E-state index is 14.7. The number of allylic oxidation sites excluding steroid dienone is 1. The van der Waals surface area contributed by atoms with Crippen LogP contribution in [0.3, 0.4) is 0 Å². The van der Waals surface area contributed by atoms with Crippen LogP contribution in [0.25, 0.3) is 6.08 Å². The van der Waals surface area contributed by atoms with Crippen molar-refractivity contribution in [3.8, 4) is 5.75 Å². The average molecular weight is 391 g/mol. The Morgan fingerprint density at radius 3 is 2.97 bits per heavy atom.